The van der Waals surface area contributed by atoms with Crippen molar-refractivity contribution in [3.63, 3.8) is 0 Å². The average molecular weight is 350 g/mol. The number of nitrogens with zero attached hydrogens (tertiary/aromatic N) is 1. The second-order valence-corrected chi connectivity index (χ2v) is 5.41. The van der Waals surface area contributed by atoms with Crippen LogP contribution < -0.4 is 15.8 Å². The van der Waals surface area contributed by atoms with Crippen LogP contribution in [0.25, 0.3) is 0 Å². The zero-order chi connectivity index (χ0) is 17.7. The lowest BCUT2D eigenvalue weighted by Crippen LogP contribution is -2.13. The Kier molecular flexibility index (Phi) is 5.59. The lowest BCUT2D eigenvalue weighted by atomic mass is 10.1. The van der Waals surface area contributed by atoms with Crippen molar-refractivity contribution >= 4 is 34.6 Å². The highest BCUT2D eigenvalue weighted by atomic mass is 35.5. The molecule has 3 N–H and O–H groups in total. The van der Waals surface area contributed by atoms with Gasteiger partial charge in [0.2, 0.25) is 0 Å². The maximum atomic E-state index is 12.3. The van der Waals surface area contributed by atoms with Crippen molar-refractivity contribution in [2.24, 2.45) is 0 Å². The Morgan fingerprint density at radius 2 is 2.08 bits per heavy atom. The van der Waals surface area contributed by atoms with Gasteiger partial charge in [-0.3, -0.25) is 14.9 Å². The Morgan fingerprint density at radius 3 is 2.71 bits per heavy atom. The number of hydrogen-bond donors (Lipinski definition) is 2. The summed E-state index contributed by atoms with van der Waals surface area (Å²) >= 11 is 5.75. The highest BCUT2D eigenvalue weighted by Crippen LogP contribution is 2.29. The third kappa shape index (κ3) is 4.14. The summed E-state index contributed by atoms with van der Waals surface area (Å²) in [6.07, 6.45) is 0.835. The molecule has 7 nitrogen and oxygen atoms in total. The molecule has 0 heterocycles. The molecule has 2 aromatic carbocycles. The van der Waals surface area contributed by atoms with E-state index >= 15 is 0 Å². The van der Waals surface area contributed by atoms with Gasteiger partial charge in [0.05, 0.1) is 17.2 Å². The molecule has 0 saturated carbocycles. The van der Waals surface area contributed by atoms with Gasteiger partial charge in [-0.1, -0.05) is 18.5 Å². The molecule has 0 fully saturated rings. The SMILES string of the molecule is CCCOc1ccc(C(=O)Nc2ccc(Cl)cc2[N+](=O)[O-])cc1N. The number of nitrogen functional groups attached to an aromatic ring is 1. The first-order valence-corrected chi connectivity index (χ1v) is 7.57. The normalized spacial score (nSPS) is 10.2. The fraction of sp³-hybridized carbons (Fsp3) is 0.188. The number of nitrogens with one attached hydrogen (secondary N) is 1. The van der Waals surface area contributed by atoms with E-state index in [0.29, 0.717) is 18.0 Å². The molecule has 0 unspecified atom stereocenters. The molecule has 0 aliphatic rings. The Morgan fingerprint density at radius 1 is 1.33 bits per heavy atom. The van der Waals surface area contributed by atoms with E-state index in [1.165, 1.54) is 24.3 Å². The third-order valence-electron chi connectivity index (χ3n) is 3.14. The molecular formula is C16H16ClN3O4. The zero-order valence-electron chi connectivity index (χ0n) is 12.9. The zero-order valence-corrected chi connectivity index (χ0v) is 13.7. The number of rotatable bonds is 6. The number of nitrogens with two attached hydrogens (primary N) is 1. The number of halogens is 1. The number of carbonyl (C=O) groups excluding carboxylic acids is 1. The quantitative estimate of drug-likeness (QED) is 0.467. The van der Waals surface area contributed by atoms with Gasteiger partial charge in [-0.15, -0.1) is 0 Å². The molecule has 0 radical (unpaired) electrons. The monoisotopic (exact) mass is 349 g/mol. The molecular weight excluding hydrogens is 334 g/mol. The first-order valence-electron chi connectivity index (χ1n) is 7.20. The van der Waals surface area contributed by atoms with Crippen LogP contribution >= 0.6 is 11.6 Å². The molecule has 8 heteroatoms. The topological polar surface area (TPSA) is 107 Å². The van der Waals surface area contributed by atoms with Crippen molar-refractivity contribution in [3.05, 3.63) is 57.1 Å². The summed E-state index contributed by atoms with van der Waals surface area (Å²) in [4.78, 5) is 22.7. The van der Waals surface area contributed by atoms with Crippen LogP contribution in [0.4, 0.5) is 17.1 Å². The molecule has 24 heavy (non-hydrogen) atoms. The van der Waals surface area contributed by atoms with Crippen LogP contribution in [-0.4, -0.2) is 17.4 Å². The van der Waals surface area contributed by atoms with Crippen LogP contribution in [0, 0.1) is 10.1 Å². The number of hydrogen-bond acceptors (Lipinski definition) is 5. The predicted octanol–water partition coefficient (Wildman–Crippen LogP) is 3.87. The predicted molar refractivity (Wildman–Crippen MR) is 92.7 cm³/mol. The summed E-state index contributed by atoms with van der Waals surface area (Å²) in [5.41, 5.74) is 6.22. The number of nitro benzene ring substituents is 1. The van der Waals surface area contributed by atoms with E-state index < -0.39 is 10.8 Å². The number of benzene rings is 2. The summed E-state index contributed by atoms with van der Waals surface area (Å²) in [7, 11) is 0. The first-order chi connectivity index (χ1) is 11.4. The standard InChI is InChI=1S/C16H16ClN3O4/c1-2-7-24-15-6-3-10(8-12(15)18)16(21)19-13-5-4-11(17)9-14(13)20(22)23/h3-6,8-9H,2,7,18H2,1H3,(H,19,21). The third-order valence-corrected chi connectivity index (χ3v) is 3.37. The van der Waals surface area contributed by atoms with Gasteiger partial charge in [0.15, 0.2) is 0 Å². The van der Waals surface area contributed by atoms with E-state index in [2.05, 4.69) is 5.32 Å². The van der Waals surface area contributed by atoms with E-state index in [0.717, 1.165) is 6.42 Å². The maximum absolute atomic E-state index is 12.3. The Bertz CT molecular complexity index is 780. The molecule has 0 spiro atoms. The van der Waals surface area contributed by atoms with Crippen molar-refractivity contribution in [3.8, 4) is 5.75 Å². The summed E-state index contributed by atoms with van der Waals surface area (Å²) < 4.78 is 5.44. The van der Waals surface area contributed by atoms with Crippen LogP contribution in [-0.2, 0) is 0 Å². The fourth-order valence-electron chi connectivity index (χ4n) is 1.99. The van der Waals surface area contributed by atoms with Gasteiger partial charge in [0.1, 0.15) is 11.4 Å². The first kappa shape index (κ1) is 17.6. The van der Waals surface area contributed by atoms with Gasteiger partial charge in [0, 0.05) is 16.7 Å². The Hall–Kier alpha value is -2.80. The summed E-state index contributed by atoms with van der Waals surface area (Å²) in [5.74, 6) is -0.0277. The van der Waals surface area contributed by atoms with Crippen molar-refractivity contribution in [2.75, 3.05) is 17.7 Å². The van der Waals surface area contributed by atoms with Gasteiger partial charge in [-0.2, -0.15) is 0 Å². The molecule has 0 aliphatic carbocycles. The van der Waals surface area contributed by atoms with Gasteiger partial charge >= 0.3 is 0 Å². The minimum absolute atomic E-state index is 0.0549. The summed E-state index contributed by atoms with van der Waals surface area (Å²) in [5, 5.41) is 13.7. The largest absolute Gasteiger partial charge is 0.491 e. The van der Waals surface area contributed by atoms with E-state index in [1.54, 1.807) is 12.1 Å². The van der Waals surface area contributed by atoms with Crippen LogP contribution in [0.3, 0.4) is 0 Å². The molecule has 1 amide bonds. The molecule has 2 aromatic rings. The van der Waals surface area contributed by atoms with Crippen molar-refractivity contribution < 1.29 is 14.5 Å². The fourth-order valence-corrected chi connectivity index (χ4v) is 2.16. The van der Waals surface area contributed by atoms with E-state index in [4.69, 9.17) is 22.1 Å². The number of anilines is 2. The lowest BCUT2D eigenvalue weighted by molar-refractivity contribution is -0.383. The van der Waals surface area contributed by atoms with Gasteiger partial charge in [-0.05, 0) is 36.8 Å². The van der Waals surface area contributed by atoms with E-state index in [9.17, 15) is 14.9 Å². The highest BCUT2D eigenvalue weighted by Gasteiger charge is 2.17. The maximum Gasteiger partial charge on any atom is 0.294 e. The van der Waals surface area contributed by atoms with Gasteiger partial charge < -0.3 is 15.8 Å². The van der Waals surface area contributed by atoms with Crippen LogP contribution in [0.2, 0.25) is 5.02 Å². The van der Waals surface area contributed by atoms with Gasteiger partial charge in [-0.25, -0.2) is 0 Å². The Labute approximate surface area is 143 Å². The van der Waals surface area contributed by atoms with Crippen LogP contribution in [0.1, 0.15) is 23.7 Å². The number of carbonyl (C=O) groups is 1. The van der Waals surface area contributed by atoms with E-state index in [1.807, 2.05) is 6.92 Å². The summed E-state index contributed by atoms with van der Waals surface area (Å²) in [6.45, 7) is 2.49. The second-order valence-electron chi connectivity index (χ2n) is 4.97. The smallest absolute Gasteiger partial charge is 0.294 e. The Balaban J connectivity index is 2.21. The van der Waals surface area contributed by atoms with Crippen molar-refractivity contribution in [2.45, 2.75) is 13.3 Å². The minimum Gasteiger partial charge on any atom is -0.491 e. The number of nitro groups is 1. The summed E-state index contributed by atoms with van der Waals surface area (Å²) in [6, 6.07) is 8.60. The minimum atomic E-state index is -0.614. The molecule has 126 valence electrons. The average Bonchev–Trinajstić information content (AvgIpc) is 2.55. The van der Waals surface area contributed by atoms with Gasteiger partial charge in [0.25, 0.3) is 11.6 Å². The number of ether oxygens (including phenoxy) is 1. The molecule has 0 saturated heterocycles. The molecule has 0 aliphatic heterocycles. The molecule has 0 atom stereocenters. The molecule has 0 bridgehead atoms. The highest BCUT2D eigenvalue weighted by molar-refractivity contribution is 6.31. The van der Waals surface area contributed by atoms with Crippen molar-refractivity contribution in [1.29, 1.82) is 0 Å². The molecule has 0 aromatic heterocycles. The van der Waals surface area contributed by atoms with Crippen molar-refractivity contribution in [1.82, 2.24) is 0 Å². The molecule has 2 rings (SSSR count). The lowest BCUT2D eigenvalue weighted by Gasteiger charge is -2.10. The van der Waals surface area contributed by atoms with Crippen LogP contribution in [0.5, 0.6) is 5.75 Å². The van der Waals surface area contributed by atoms with Crippen LogP contribution in [0.15, 0.2) is 36.4 Å². The second kappa shape index (κ2) is 7.65. The van der Waals surface area contributed by atoms with E-state index in [-0.39, 0.29) is 22.0 Å². The number of amides is 1.